The van der Waals surface area contributed by atoms with Crippen LogP contribution in [0.25, 0.3) is 0 Å². The van der Waals surface area contributed by atoms with Crippen molar-refractivity contribution < 1.29 is 19.2 Å². The van der Waals surface area contributed by atoms with Crippen LogP contribution in [0.3, 0.4) is 0 Å². The van der Waals surface area contributed by atoms with Gasteiger partial charge in [0.05, 0.1) is 46.1 Å². The van der Waals surface area contributed by atoms with Crippen molar-refractivity contribution in [2.75, 3.05) is 82.9 Å². The number of piperazine rings is 2. The molecule has 0 radical (unpaired) electrons. The smallest absolute Gasteiger partial charge is 0.277 e. The fourth-order valence-electron chi connectivity index (χ4n) is 4.46. The largest absolute Gasteiger partial charge is 0.497 e. The zero-order chi connectivity index (χ0) is 21.6. The van der Waals surface area contributed by atoms with Crippen molar-refractivity contribution in [1.82, 2.24) is 4.90 Å². The molecule has 1 amide bonds. The van der Waals surface area contributed by atoms with E-state index in [0.29, 0.717) is 6.54 Å². The number of hydrogen-bond donors (Lipinski definition) is 1. The van der Waals surface area contributed by atoms with Gasteiger partial charge in [-0.25, -0.2) is 0 Å². The SMILES string of the molecule is COc1ccc(N2CC[NH+](CC(=O)N3CCN(c4ccccc4OC)CC3)CC2)cc1. The molecule has 0 aliphatic carbocycles. The summed E-state index contributed by atoms with van der Waals surface area (Å²) in [6.07, 6.45) is 0. The first kappa shape index (κ1) is 21.3. The van der Waals surface area contributed by atoms with Crippen molar-refractivity contribution in [2.24, 2.45) is 0 Å². The maximum atomic E-state index is 12.9. The number of ether oxygens (including phenoxy) is 2. The quantitative estimate of drug-likeness (QED) is 0.741. The number of methoxy groups -OCH3 is 2. The van der Waals surface area contributed by atoms with E-state index in [1.807, 2.05) is 35.2 Å². The number of benzene rings is 2. The molecule has 2 aromatic carbocycles. The van der Waals surface area contributed by atoms with Gasteiger partial charge in [-0.15, -0.1) is 0 Å². The first-order chi connectivity index (χ1) is 15.2. The number of para-hydroxylation sites is 2. The third-order valence-electron chi connectivity index (χ3n) is 6.37. The minimum Gasteiger partial charge on any atom is -0.497 e. The van der Waals surface area contributed by atoms with Crippen LogP contribution in [0.1, 0.15) is 0 Å². The van der Waals surface area contributed by atoms with Gasteiger partial charge in [0.25, 0.3) is 5.91 Å². The average Bonchev–Trinajstić information content (AvgIpc) is 2.84. The van der Waals surface area contributed by atoms with Gasteiger partial charge in [-0.1, -0.05) is 12.1 Å². The van der Waals surface area contributed by atoms with Crippen molar-refractivity contribution >= 4 is 17.3 Å². The summed E-state index contributed by atoms with van der Waals surface area (Å²) in [6.45, 7) is 7.71. The summed E-state index contributed by atoms with van der Waals surface area (Å²) in [7, 11) is 3.39. The molecule has 2 aliphatic heterocycles. The number of carbonyl (C=O) groups excluding carboxylic acids is 1. The molecule has 2 saturated heterocycles. The van der Waals surface area contributed by atoms with Crippen LogP contribution in [0.4, 0.5) is 11.4 Å². The van der Waals surface area contributed by atoms with Crippen molar-refractivity contribution in [1.29, 1.82) is 0 Å². The Morgan fingerprint density at radius 3 is 2.16 bits per heavy atom. The van der Waals surface area contributed by atoms with E-state index in [-0.39, 0.29) is 5.91 Å². The van der Waals surface area contributed by atoms with Gasteiger partial charge in [0, 0.05) is 31.9 Å². The molecule has 0 spiro atoms. The third kappa shape index (κ3) is 5.05. The Kier molecular flexibility index (Phi) is 6.82. The van der Waals surface area contributed by atoms with Crippen molar-refractivity contribution in [3.05, 3.63) is 48.5 Å². The van der Waals surface area contributed by atoms with Crippen LogP contribution < -0.4 is 24.2 Å². The zero-order valence-corrected chi connectivity index (χ0v) is 18.5. The van der Waals surface area contributed by atoms with E-state index < -0.39 is 0 Å². The number of rotatable bonds is 6. The van der Waals surface area contributed by atoms with Gasteiger partial charge in [0.2, 0.25) is 0 Å². The number of hydrogen-bond acceptors (Lipinski definition) is 5. The first-order valence-electron chi connectivity index (χ1n) is 11.1. The maximum Gasteiger partial charge on any atom is 0.277 e. The van der Waals surface area contributed by atoms with Crippen LogP contribution in [0.15, 0.2) is 48.5 Å². The second-order valence-corrected chi connectivity index (χ2v) is 8.15. The molecule has 0 unspecified atom stereocenters. The van der Waals surface area contributed by atoms with Crippen molar-refractivity contribution in [3.8, 4) is 11.5 Å². The molecular formula is C24H33N4O3+. The predicted molar refractivity (Wildman–Crippen MR) is 123 cm³/mol. The first-order valence-corrected chi connectivity index (χ1v) is 11.1. The Bertz CT molecular complexity index is 857. The van der Waals surface area contributed by atoms with E-state index in [4.69, 9.17) is 9.47 Å². The molecular weight excluding hydrogens is 392 g/mol. The Hall–Kier alpha value is -2.93. The lowest BCUT2D eigenvalue weighted by Crippen LogP contribution is -3.16. The highest BCUT2D eigenvalue weighted by Crippen LogP contribution is 2.28. The lowest BCUT2D eigenvalue weighted by Gasteiger charge is -2.38. The molecule has 2 fully saturated rings. The number of amides is 1. The highest BCUT2D eigenvalue weighted by molar-refractivity contribution is 5.77. The Morgan fingerprint density at radius 1 is 0.839 bits per heavy atom. The summed E-state index contributed by atoms with van der Waals surface area (Å²) in [5.74, 6) is 2.04. The van der Waals surface area contributed by atoms with Crippen LogP contribution >= 0.6 is 0 Å². The van der Waals surface area contributed by atoms with Gasteiger partial charge in [0.1, 0.15) is 11.5 Å². The molecule has 0 atom stereocenters. The summed E-state index contributed by atoms with van der Waals surface area (Å²) in [6, 6.07) is 16.3. The van der Waals surface area contributed by atoms with Crippen LogP contribution in [0.5, 0.6) is 11.5 Å². The number of quaternary nitrogens is 1. The van der Waals surface area contributed by atoms with E-state index in [1.165, 1.54) is 10.6 Å². The number of anilines is 2. The molecule has 2 aliphatic rings. The third-order valence-corrected chi connectivity index (χ3v) is 6.37. The summed E-state index contributed by atoms with van der Waals surface area (Å²) >= 11 is 0. The molecule has 2 aromatic rings. The van der Waals surface area contributed by atoms with Gasteiger partial charge in [-0.05, 0) is 36.4 Å². The second kappa shape index (κ2) is 9.92. The summed E-state index contributed by atoms with van der Waals surface area (Å²) in [5.41, 5.74) is 2.33. The molecule has 31 heavy (non-hydrogen) atoms. The Balaban J connectivity index is 1.23. The minimum atomic E-state index is 0.271. The summed E-state index contributed by atoms with van der Waals surface area (Å²) in [4.78, 5) is 21.0. The molecule has 7 heteroatoms. The normalized spacial score (nSPS) is 17.5. The highest BCUT2D eigenvalue weighted by atomic mass is 16.5. The van der Waals surface area contributed by atoms with E-state index in [1.54, 1.807) is 14.2 Å². The maximum absolute atomic E-state index is 12.9. The van der Waals surface area contributed by atoms with Crippen molar-refractivity contribution in [2.45, 2.75) is 0 Å². The monoisotopic (exact) mass is 425 g/mol. The van der Waals surface area contributed by atoms with E-state index in [2.05, 4.69) is 28.0 Å². The average molecular weight is 426 g/mol. The molecule has 0 aromatic heterocycles. The van der Waals surface area contributed by atoms with E-state index in [9.17, 15) is 4.79 Å². The number of nitrogens with one attached hydrogen (secondary N) is 1. The second-order valence-electron chi connectivity index (χ2n) is 8.15. The van der Waals surface area contributed by atoms with Gasteiger partial charge >= 0.3 is 0 Å². The summed E-state index contributed by atoms with van der Waals surface area (Å²) in [5, 5.41) is 0. The minimum absolute atomic E-state index is 0.271. The molecule has 4 rings (SSSR count). The standard InChI is InChI=1S/C24H32N4O3/c1-30-21-9-7-20(8-10-21)26-13-11-25(12-14-26)19-24(29)28-17-15-27(16-18-28)22-5-3-4-6-23(22)31-2/h3-10H,11-19H2,1-2H3/p+1. The molecule has 0 bridgehead atoms. The number of nitrogens with zero attached hydrogens (tertiary/aromatic N) is 3. The van der Waals surface area contributed by atoms with Gasteiger partial charge < -0.3 is 29.1 Å². The van der Waals surface area contributed by atoms with Crippen molar-refractivity contribution in [3.63, 3.8) is 0 Å². The number of carbonyl (C=O) groups is 1. The fraction of sp³-hybridized carbons (Fsp3) is 0.458. The van der Waals surface area contributed by atoms with Crippen LogP contribution in [0.2, 0.25) is 0 Å². The van der Waals surface area contributed by atoms with Gasteiger partial charge in [-0.2, -0.15) is 0 Å². The van der Waals surface area contributed by atoms with Crippen LogP contribution in [-0.2, 0) is 4.79 Å². The van der Waals surface area contributed by atoms with Gasteiger partial charge in [-0.3, -0.25) is 4.79 Å². The van der Waals surface area contributed by atoms with Gasteiger partial charge in [0.15, 0.2) is 6.54 Å². The molecule has 166 valence electrons. The molecule has 2 heterocycles. The fourth-order valence-corrected chi connectivity index (χ4v) is 4.46. The topological polar surface area (TPSA) is 49.7 Å². The van der Waals surface area contributed by atoms with E-state index >= 15 is 0 Å². The molecule has 0 saturated carbocycles. The molecule has 1 N–H and O–H groups in total. The Morgan fingerprint density at radius 2 is 1.52 bits per heavy atom. The highest BCUT2D eigenvalue weighted by Gasteiger charge is 2.27. The van der Waals surface area contributed by atoms with Crippen LogP contribution in [-0.4, -0.2) is 83.9 Å². The lowest BCUT2D eigenvalue weighted by molar-refractivity contribution is -0.892. The van der Waals surface area contributed by atoms with Crippen LogP contribution in [0, 0.1) is 0 Å². The summed E-state index contributed by atoms with van der Waals surface area (Å²) < 4.78 is 10.7. The predicted octanol–water partition coefficient (Wildman–Crippen LogP) is 0.758. The molecule has 7 nitrogen and oxygen atoms in total. The lowest BCUT2D eigenvalue weighted by atomic mass is 10.2. The zero-order valence-electron chi connectivity index (χ0n) is 18.5. The Labute approximate surface area is 184 Å². The van der Waals surface area contributed by atoms with E-state index in [0.717, 1.165) is 69.5 Å².